The van der Waals surface area contributed by atoms with Crippen LogP contribution in [0.3, 0.4) is 0 Å². The summed E-state index contributed by atoms with van der Waals surface area (Å²) in [5.74, 6) is 0.246. The average Bonchev–Trinajstić information content (AvgIpc) is 2.47. The van der Waals surface area contributed by atoms with Crippen molar-refractivity contribution in [3.8, 4) is 0 Å². The van der Waals surface area contributed by atoms with Gasteiger partial charge in [0.25, 0.3) is 10.0 Å². The maximum absolute atomic E-state index is 12.2. The molecule has 7 nitrogen and oxygen atoms in total. The smallest absolute Gasteiger partial charge is 0.264 e. The summed E-state index contributed by atoms with van der Waals surface area (Å²) in [6.45, 7) is 3.64. The summed E-state index contributed by atoms with van der Waals surface area (Å²) in [7, 11) is -3.61. The molecule has 21 heavy (non-hydrogen) atoms. The molecule has 8 heteroatoms. The van der Waals surface area contributed by atoms with Gasteiger partial charge in [0.1, 0.15) is 0 Å². The van der Waals surface area contributed by atoms with Crippen LogP contribution in [0.5, 0.6) is 0 Å². The van der Waals surface area contributed by atoms with E-state index in [9.17, 15) is 8.42 Å². The van der Waals surface area contributed by atoms with E-state index in [1.807, 2.05) is 11.8 Å². The van der Waals surface area contributed by atoms with Crippen LogP contribution in [-0.4, -0.2) is 50.9 Å². The van der Waals surface area contributed by atoms with Gasteiger partial charge in [-0.1, -0.05) is 17.7 Å². The van der Waals surface area contributed by atoms with Gasteiger partial charge in [-0.2, -0.15) is 0 Å². The van der Waals surface area contributed by atoms with E-state index in [1.54, 1.807) is 24.3 Å². The third-order valence-electron chi connectivity index (χ3n) is 3.09. The second-order valence-corrected chi connectivity index (χ2v) is 6.56. The van der Waals surface area contributed by atoms with Crippen molar-refractivity contribution < 1.29 is 13.5 Å². The third-order valence-corrected chi connectivity index (χ3v) is 4.45. The Balaban J connectivity index is 1.98. The zero-order valence-corrected chi connectivity index (χ0v) is 12.7. The van der Waals surface area contributed by atoms with Crippen molar-refractivity contribution in [3.63, 3.8) is 0 Å². The first-order valence-corrected chi connectivity index (χ1v) is 8.20. The number of benzene rings is 1. The fourth-order valence-corrected chi connectivity index (χ4v) is 2.88. The number of aliphatic hydroxyl groups is 1. The highest BCUT2D eigenvalue weighted by atomic mass is 32.2. The number of guanidine groups is 1. The second-order valence-electron chi connectivity index (χ2n) is 4.87. The van der Waals surface area contributed by atoms with Crippen LogP contribution >= 0.6 is 0 Å². The lowest BCUT2D eigenvalue weighted by Gasteiger charge is -2.26. The molecule has 1 aliphatic rings. The van der Waals surface area contributed by atoms with E-state index >= 15 is 0 Å². The minimum Gasteiger partial charge on any atom is -0.396 e. The number of sulfonamides is 1. The Kier molecular flexibility index (Phi) is 5.16. The monoisotopic (exact) mass is 312 g/mol. The summed E-state index contributed by atoms with van der Waals surface area (Å²) in [5, 5.41) is 11.7. The largest absolute Gasteiger partial charge is 0.396 e. The average molecular weight is 312 g/mol. The number of hydrogen-bond acceptors (Lipinski definition) is 6. The molecule has 0 radical (unpaired) electrons. The SMILES string of the molecule is Cc1ccc(S(=O)(=O)NC2=NCN(CCCO)CN2)cc1. The third kappa shape index (κ3) is 4.42. The van der Waals surface area contributed by atoms with Gasteiger partial charge < -0.3 is 10.4 Å². The van der Waals surface area contributed by atoms with Gasteiger partial charge in [-0.15, -0.1) is 0 Å². The quantitative estimate of drug-likeness (QED) is 0.702. The predicted octanol–water partition coefficient (Wildman–Crippen LogP) is -0.168. The molecule has 2 rings (SSSR count). The molecule has 0 bridgehead atoms. The van der Waals surface area contributed by atoms with E-state index in [0.717, 1.165) is 5.56 Å². The van der Waals surface area contributed by atoms with E-state index < -0.39 is 10.0 Å². The Morgan fingerprint density at radius 2 is 2.10 bits per heavy atom. The summed E-state index contributed by atoms with van der Waals surface area (Å²) in [5.41, 5.74) is 1.00. The molecular formula is C13H20N4O3S. The van der Waals surface area contributed by atoms with Crippen molar-refractivity contribution in [2.45, 2.75) is 18.2 Å². The summed E-state index contributed by atoms with van der Waals surface area (Å²) < 4.78 is 26.8. The van der Waals surface area contributed by atoms with Gasteiger partial charge in [-0.3, -0.25) is 4.90 Å². The zero-order chi connectivity index (χ0) is 15.3. The highest BCUT2D eigenvalue weighted by molar-refractivity contribution is 7.90. The summed E-state index contributed by atoms with van der Waals surface area (Å²) in [6.07, 6.45) is 0.668. The van der Waals surface area contributed by atoms with Gasteiger partial charge in [0.15, 0.2) is 0 Å². The summed E-state index contributed by atoms with van der Waals surface area (Å²) >= 11 is 0. The maximum atomic E-state index is 12.2. The van der Waals surface area contributed by atoms with Crippen LogP contribution in [0.25, 0.3) is 0 Å². The Hall–Kier alpha value is -1.64. The van der Waals surface area contributed by atoms with Crippen molar-refractivity contribution in [1.29, 1.82) is 0 Å². The fraction of sp³-hybridized carbons (Fsp3) is 0.462. The van der Waals surface area contributed by atoms with Crippen molar-refractivity contribution in [3.05, 3.63) is 29.8 Å². The molecule has 0 fully saturated rings. The maximum Gasteiger partial charge on any atom is 0.264 e. The normalized spacial score (nSPS) is 16.2. The van der Waals surface area contributed by atoms with Crippen LogP contribution in [0.2, 0.25) is 0 Å². The number of nitrogens with one attached hydrogen (secondary N) is 2. The molecular weight excluding hydrogens is 292 g/mol. The molecule has 0 amide bonds. The fourth-order valence-electron chi connectivity index (χ4n) is 1.88. The lowest BCUT2D eigenvalue weighted by Crippen LogP contribution is -2.50. The van der Waals surface area contributed by atoms with Gasteiger partial charge in [-0.05, 0) is 25.5 Å². The summed E-state index contributed by atoms with van der Waals surface area (Å²) in [6, 6.07) is 6.63. The van der Waals surface area contributed by atoms with Crippen LogP contribution in [0, 0.1) is 6.92 Å². The van der Waals surface area contributed by atoms with E-state index in [1.165, 1.54) is 0 Å². The van der Waals surface area contributed by atoms with Gasteiger partial charge in [-0.25, -0.2) is 18.1 Å². The number of hydrogen-bond donors (Lipinski definition) is 3. The highest BCUT2D eigenvalue weighted by Gasteiger charge is 2.19. The van der Waals surface area contributed by atoms with Gasteiger partial charge >= 0.3 is 0 Å². The van der Waals surface area contributed by atoms with Gasteiger partial charge in [0.05, 0.1) is 18.2 Å². The molecule has 0 saturated carbocycles. The predicted molar refractivity (Wildman–Crippen MR) is 80.2 cm³/mol. The molecule has 1 aromatic carbocycles. The Morgan fingerprint density at radius 1 is 1.38 bits per heavy atom. The summed E-state index contributed by atoms with van der Waals surface area (Å²) in [4.78, 5) is 6.33. The molecule has 1 aromatic rings. The van der Waals surface area contributed by atoms with E-state index in [-0.39, 0.29) is 17.5 Å². The number of aliphatic imine (C=N–C) groups is 1. The van der Waals surface area contributed by atoms with E-state index in [2.05, 4.69) is 15.0 Å². The Morgan fingerprint density at radius 3 is 2.67 bits per heavy atom. The Bertz CT molecular complexity index is 598. The highest BCUT2D eigenvalue weighted by Crippen LogP contribution is 2.10. The molecule has 1 aliphatic heterocycles. The minimum atomic E-state index is -3.61. The Labute approximate surface area is 124 Å². The van der Waals surface area contributed by atoms with Crippen LogP contribution in [0.15, 0.2) is 34.2 Å². The molecule has 116 valence electrons. The van der Waals surface area contributed by atoms with Crippen LogP contribution in [0.4, 0.5) is 0 Å². The molecule has 0 unspecified atom stereocenters. The standard InChI is InChI=1S/C13H20N4O3S/c1-11-3-5-12(6-4-11)21(19,20)16-13-14-9-17(10-15-13)7-2-8-18/h3-6,18H,2,7-10H2,1H3,(H2,14,15,16). The number of aryl methyl sites for hydroxylation is 1. The number of rotatable bonds is 5. The van der Waals surface area contributed by atoms with Crippen molar-refractivity contribution >= 4 is 16.0 Å². The lowest BCUT2D eigenvalue weighted by molar-refractivity contribution is 0.218. The van der Waals surface area contributed by atoms with Crippen molar-refractivity contribution in [2.24, 2.45) is 4.99 Å². The first-order valence-electron chi connectivity index (χ1n) is 6.72. The first kappa shape index (κ1) is 15.7. The molecule has 0 spiro atoms. The molecule has 0 aromatic heterocycles. The zero-order valence-electron chi connectivity index (χ0n) is 11.9. The molecule has 0 aliphatic carbocycles. The number of aliphatic hydroxyl groups excluding tert-OH is 1. The minimum absolute atomic E-state index is 0.132. The van der Waals surface area contributed by atoms with Crippen LogP contribution in [-0.2, 0) is 10.0 Å². The molecule has 0 atom stereocenters. The second kappa shape index (κ2) is 6.88. The molecule has 0 saturated heterocycles. The van der Waals surface area contributed by atoms with Gasteiger partial charge in [0.2, 0.25) is 5.96 Å². The first-order chi connectivity index (χ1) is 10.0. The number of nitrogens with zero attached hydrogens (tertiary/aromatic N) is 2. The molecule has 1 heterocycles. The van der Waals surface area contributed by atoms with E-state index in [0.29, 0.717) is 26.3 Å². The van der Waals surface area contributed by atoms with Gasteiger partial charge in [0, 0.05) is 13.2 Å². The lowest BCUT2D eigenvalue weighted by atomic mass is 10.2. The topological polar surface area (TPSA) is 94.0 Å². The molecule has 3 N–H and O–H groups in total. The van der Waals surface area contributed by atoms with Crippen LogP contribution < -0.4 is 10.0 Å². The van der Waals surface area contributed by atoms with E-state index in [4.69, 9.17) is 5.11 Å². The van der Waals surface area contributed by atoms with Crippen LogP contribution in [0.1, 0.15) is 12.0 Å². The van der Waals surface area contributed by atoms with Crippen molar-refractivity contribution in [2.75, 3.05) is 26.5 Å². The van der Waals surface area contributed by atoms with Crippen molar-refractivity contribution in [1.82, 2.24) is 14.9 Å².